The first kappa shape index (κ1) is 34.8. The van der Waals surface area contributed by atoms with Crippen molar-refractivity contribution in [2.75, 3.05) is 32.8 Å². The summed E-state index contributed by atoms with van der Waals surface area (Å²) in [6, 6.07) is 12.3. The molecule has 0 saturated heterocycles. The smallest absolute Gasteiger partial charge is 0.341 e. The van der Waals surface area contributed by atoms with E-state index < -0.39 is 11.2 Å². The third-order valence-corrected chi connectivity index (χ3v) is 9.95. The van der Waals surface area contributed by atoms with E-state index in [1.165, 1.54) is 37.3 Å². The average Bonchev–Trinajstić information content (AvgIpc) is 3.67. The lowest BCUT2D eigenvalue weighted by molar-refractivity contribution is -0.115. The molecule has 1 atom stereocenters. The Balaban J connectivity index is 1.38. The number of thiophene rings is 1. The lowest BCUT2D eigenvalue weighted by Crippen LogP contribution is -2.25. The van der Waals surface area contributed by atoms with Crippen molar-refractivity contribution in [1.29, 1.82) is 0 Å². The Morgan fingerprint density at radius 2 is 1.73 bits per heavy atom. The van der Waals surface area contributed by atoms with Gasteiger partial charge in [-0.1, -0.05) is 11.8 Å². The number of nitrogens with one attached hydrogen (secondary N) is 2. The zero-order valence-electron chi connectivity index (χ0n) is 27.6. The highest BCUT2D eigenvalue weighted by atomic mass is 32.2. The van der Waals surface area contributed by atoms with Crippen LogP contribution in [0.3, 0.4) is 0 Å². The molecule has 0 radical (unpaired) electrons. The number of aromatic nitrogens is 3. The zero-order chi connectivity index (χ0) is 34.2. The van der Waals surface area contributed by atoms with Crippen LogP contribution in [0.2, 0.25) is 0 Å². The van der Waals surface area contributed by atoms with Gasteiger partial charge < -0.3 is 29.6 Å². The lowest BCUT2D eigenvalue weighted by Gasteiger charge is -2.15. The van der Waals surface area contributed by atoms with E-state index in [1.807, 2.05) is 31.2 Å². The minimum Gasteiger partial charge on any atom is -0.494 e. The lowest BCUT2D eigenvalue weighted by atomic mass is 9.95. The summed E-state index contributed by atoms with van der Waals surface area (Å²) in [6.45, 7) is 6.28. The normalized spacial score (nSPS) is 12.9. The number of nitrogens with zero attached hydrogens (tertiary/aromatic N) is 3. The number of esters is 1. The fourth-order valence-corrected chi connectivity index (χ4v) is 7.51. The molecule has 0 aliphatic heterocycles. The molecular formula is C34H39N5O7S2. The molecule has 0 fully saturated rings. The first-order chi connectivity index (χ1) is 23.3. The van der Waals surface area contributed by atoms with Crippen molar-refractivity contribution in [1.82, 2.24) is 20.1 Å². The molecule has 2 aromatic carbocycles. The highest BCUT2D eigenvalue weighted by Crippen LogP contribution is 2.39. The summed E-state index contributed by atoms with van der Waals surface area (Å²) in [5.41, 5.74) is 2.56. The number of thioether (sulfide) groups is 1. The molecule has 2 N–H and O–H groups in total. The second-order valence-electron chi connectivity index (χ2n) is 10.8. The number of rotatable bonds is 14. The van der Waals surface area contributed by atoms with E-state index in [9.17, 15) is 14.4 Å². The van der Waals surface area contributed by atoms with Gasteiger partial charge in [0.2, 0.25) is 5.91 Å². The number of fused-ring (bicyclic) bond motifs is 1. The molecule has 48 heavy (non-hydrogen) atoms. The van der Waals surface area contributed by atoms with Crippen LogP contribution in [0.1, 0.15) is 70.6 Å². The maximum absolute atomic E-state index is 13.6. The third-order valence-electron chi connectivity index (χ3n) is 7.70. The van der Waals surface area contributed by atoms with Gasteiger partial charge in [-0.3, -0.25) is 14.2 Å². The Kier molecular flexibility index (Phi) is 11.6. The highest BCUT2D eigenvalue weighted by Gasteiger charge is 2.29. The second kappa shape index (κ2) is 16.0. The van der Waals surface area contributed by atoms with Crippen molar-refractivity contribution in [2.45, 2.75) is 63.4 Å². The Bertz CT molecular complexity index is 1770. The van der Waals surface area contributed by atoms with E-state index in [2.05, 4.69) is 20.8 Å². The highest BCUT2D eigenvalue weighted by molar-refractivity contribution is 8.00. The monoisotopic (exact) mass is 693 g/mol. The van der Waals surface area contributed by atoms with E-state index in [4.69, 9.17) is 18.9 Å². The van der Waals surface area contributed by atoms with Crippen molar-refractivity contribution in [3.8, 4) is 22.9 Å². The van der Waals surface area contributed by atoms with E-state index in [1.54, 1.807) is 36.6 Å². The van der Waals surface area contributed by atoms with E-state index in [-0.39, 0.29) is 25.0 Å². The van der Waals surface area contributed by atoms with Crippen LogP contribution in [0, 0.1) is 0 Å². The van der Waals surface area contributed by atoms with Gasteiger partial charge in [0.05, 0.1) is 44.8 Å². The molecule has 12 nitrogen and oxygen atoms in total. The van der Waals surface area contributed by atoms with Crippen molar-refractivity contribution < 1.29 is 33.3 Å². The summed E-state index contributed by atoms with van der Waals surface area (Å²) in [5, 5.41) is 15.1. The van der Waals surface area contributed by atoms with Gasteiger partial charge in [-0.2, -0.15) is 0 Å². The number of hydrogen-bond donors (Lipinski definition) is 2. The van der Waals surface area contributed by atoms with E-state index in [0.717, 1.165) is 41.8 Å². The molecule has 1 aliphatic rings. The molecule has 2 amide bonds. The molecular weight excluding hydrogens is 655 g/mol. The zero-order valence-corrected chi connectivity index (χ0v) is 29.2. The van der Waals surface area contributed by atoms with Crippen molar-refractivity contribution in [3.63, 3.8) is 0 Å². The van der Waals surface area contributed by atoms with Gasteiger partial charge in [0.1, 0.15) is 10.8 Å². The fraction of sp³-hybridized carbons (Fsp3) is 0.382. The molecule has 0 bridgehead atoms. The van der Waals surface area contributed by atoms with E-state index >= 15 is 0 Å². The summed E-state index contributed by atoms with van der Waals surface area (Å²) in [7, 11) is 3.04. The predicted octanol–water partition coefficient (Wildman–Crippen LogP) is 5.85. The van der Waals surface area contributed by atoms with E-state index in [0.29, 0.717) is 51.0 Å². The molecule has 5 rings (SSSR count). The molecule has 14 heteroatoms. The second-order valence-corrected chi connectivity index (χ2v) is 13.2. The average molecular weight is 694 g/mol. The molecule has 1 aliphatic carbocycles. The van der Waals surface area contributed by atoms with Gasteiger partial charge in [-0.05, 0) is 94.5 Å². The number of amides is 2. The number of benzene rings is 2. The van der Waals surface area contributed by atoms with Crippen molar-refractivity contribution in [3.05, 3.63) is 69.9 Å². The van der Waals surface area contributed by atoms with Crippen LogP contribution in [0.4, 0.5) is 5.00 Å². The third kappa shape index (κ3) is 7.76. The summed E-state index contributed by atoms with van der Waals surface area (Å²) in [4.78, 5) is 40.7. The maximum atomic E-state index is 13.6. The summed E-state index contributed by atoms with van der Waals surface area (Å²) < 4.78 is 23.4. The topological polar surface area (TPSA) is 143 Å². The molecule has 2 aromatic heterocycles. The first-order valence-electron chi connectivity index (χ1n) is 15.7. The fourth-order valence-electron chi connectivity index (χ4n) is 5.35. The van der Waals surface area contributed by atoms with Crippen molar-refractivity contribution in [2.24, 2.45) is 0 Å². The Labute approximate surface area is 287 Å². The number of anilines is 1. The number of hydrogen-bond acceptors (Lipinski definition) is 11. The minimum atomic E-state index is -0.612. The molecule has 254 valence electrons. The van der Waals surface area contributed by atoms with Crippen LogP contribution >= 0.6 is 23.1 Å². The number of aryl methyl sites for hydroxylation is 1. The first-order valence-corrected chi connectivity index (χ1v) is 17.4. The quantitative estimate of drug-likeness (QED) is 0.122. The minimum absolute atomic E-state index is 0.0537. The molecule has 0 saturated carbocycles. The number of carbonyl (C=O) groups is 3. The maximum Gasteiger partial charge on any atom is 0.341 e. The Hall–Kier alpha value is -4.56. The SMILES string of the molecule is CCOC(=O)c1c(NC(=O)[C@H](C)Sc2nnc(CNC(=O)c3ccc(OC)c(OC)c3)n2-c2ccc(OCC)cc2)sc2c1CCCC2. The predicted molar refractivity (Wildman–Crippen MR) is 184 cm³/mol. The number of ether oxygens (including phenoxy) is 4. The van der Waals surface area contributed by atoms with Crippen LogP contribution in [0.5, 0.6) is 17.2 Å². The number of carbonyl (C=O) groups excluding carboxylic acids is 3. The van der Waals surface area contributed by atoms with Gasteiger partial charge in [0.25, 0.3) is 5.91 Å². The largest absolute Gasteiger partial charge is 0.494 e. The molecule has 2 heterocycles. The summed E-state index contributed by atoms with van der Waals surface area (Å²) >= 11 is 2.67. The van der Waals surface area contributed by atoms with Crippen molar-refractivity contribution >= 4 is 45.9 Å². The van der Waals surface area contributed by atoms with Crippen LogP contribution in [0.25, 0.3) is 5.69 Å². The van der Waals surface area contributed by atoms with Gasteiger partial charge in [0, 0.05) is 16.1 Å². The molecule has 4 aromatic rings. The molecule has 0 spiro atoms. The Morgan fingerprint density at radius 1 is 0.979 bits per heavy atom. The van der Waals surface area contributed by atoms with Crippen LogP contribution in [-0.2, 0) is 28.9 Å². The van der Waals surface area contributed by atoms with Crippen LogP contribution < -0.4 is 24.8 Å². The van der Waals surface area contributed by atoms with Crippen LogP contribution in [-0.4, -0.2) is 65.2 Å². The van der Waals surface area contributed by atoms with Gasteiger partial charge in [-0.25, -0.2) is 4.79 Å². The Morgan fingerprint density at radius 3 is 2.44 bits per heavy atom. The van der Waals surface area contributed by atoms with Gasteiger partial charge in [0.15, 0.2) is 22.5 Å². The van der Waals surface area contributed by atoms with Gasteiger partial charge >= 0.3 is 5.97 Å². The number of methoxy groups -OCH3 is 2. The standard InChI is InChI=1S/C34H39N5O7S2/c1-6-45-23-15-13-22(14-16-23)39-28(19-35-31(41)21-12-17-25(43-4)26(18-21)44-5)37-38-34(39)47-20(3)30(40)36-32-29(33(42)46-7-2)24-10-8-9-11-27(24)48-32/h12-18,20H,6-11,19H2,1-5H3,(H,35,41)(H,36,40)/t20-/m0/s1. The summed E-state index contributed by atoms with van der Waals surface area (Å²) in [5.74, 6) is 1.08. The van der Waals surface area contributed by atoms with Gasteiger partial charge in [-0.15, -0.1) is 21.5 Å². The molecule has 0 unspecified atom stereocenters. The summed E-state index contributed by atoms with van der Waals surface area (Å²) in [6.07, 6.45) is 3.71. The van der Waals surface area contributed by atoms with Crippen LogP contribution in [0.15, 0.2) is 47.6 Å².